The molecule has 2 aromatic carbocycles. The fourth-order valence-corrected chi connectivity index (χ4v) is 4.01. The summed E-state index contributed by atoms with van der Waals surface area (Å²) in [7, 11) is 3.34. The second kappa shape index (κ2) is 8.11. The third-order valence-electron chi connectivity index (χ3n) is 5.80. The number of nitrogens with zero attached hydrogens (tertiary/aromatic N) is 4. The Morgan fingerprint density at radius 3 is 2.41 bits per heavy atom. The van der Waals surface area contributed by atoms with E-state index in [1.165, 1.54) is 0 Å². The molecule has 1 aliphatic rings. The first kappa shape index (κ1) is 19.2. The number of aromatic nitrogens is 4. The molecule has 1 aliphatic carbocycles. The van der Waals surface area contributed by atoms with E-state index in [4.69, 9.17) is 9.47 Å². The van der Waals surface area contributed by atoms with Crippen LogP contribution in [0, 0.1) is 5.92 Å². The van der Waals surface area contributed by atoms with Gasteiger partial charge >= 0.3 is 0 Å². The molecule has 1 saturated carbocycles. The summed E-state index contributed by atoms with van der Waals surface area (Å²) in [6.45, 7) is 2.31. The van der Waals surface area contributed by atoms with Crippen molar-refractivity contribution in [2.45, 2.75) is 38.1 Å². The number of hydrogen-bond acceptors (Lipinski definition) is 6. The Balaban J connectivity index is 1.73. The number of anilines is 1. The lowest BCUT2D eigenvalue weighted by molar-refractivity contribution is 0.255. The van der Waals surface area contributed by atoms with Crippen molar-refractivity contribution in [2.24, 2.45) is 5.92 Å². The summed E-state index contributed by atoms with van der Waals surface area (Å²) in [5, 5.41) is 16.6. The van der Waals surface area contributed by atoms with E-state index in [-0.39, 0.29) is 5.54 Å². The average Bonchev–Trinajstić information content (AvgIpc) is 3.27. The van der Waals surface area contributed by atoms with Gasteiger partial charge in [0.25, 0.3) is 0 Å². The van der Waals surface area contributed by atoms with Gasteiger partial charge in [0.05, 0.1) is 25.4 Å². The zero-order chi connectivity index (χ0) is 20.3. The standard InChI is InChI=1S/C22H27N5O2/c1-16-11-13-22(14-12-16,23-17-7-9-19(28-2)10-8-17)21-24-25-26-27(21)18-5-4-6-20(15-18)29-3/h4-10,15-16,23H,11-14H2,1-3H3. The number of tetrazole rings is 1. The molecular formula is C22H27N5O2. The number of nitrogens with one attached hydrogen (secondary N) is 1. The molecule has 152 valence electrons. The summed E-state index contributed by atoms with van der Waals surface area (Å²) in [5.74, 6) is 3.14. The lowest BCUT2D eigenvalue weighted by Crippen LogP contribution is -2.41. The molecular weight excluding hydrogens is 366 g/mol. The summed E-state index contributed by atoms with van der Waals surface area (Å²) < 4.78 is 12.5. The molecule has 1 aromatic heterocycles. The van der Waals surface area contributed by atoms with E-state index in [1.54, 1.807) is 14.2 Å². The normalized spacial score (nSPS) is 21.6. The number of methoxy groups -OCH3 is 2. The van der Waals surface area contributed by atoms with Crippen molar-refractivity contribution in [3.63, 3.8) is 0 Å². The van der Waals surface area contributed by atoms with Gasteiger partial charge in [0.2, 0.25) is 0 Å². The summed E-state index contributed by atoms with van der Waals surface area (Å²) in [4.78, 5) is 0. The van der Waals surface area contributed by atoms with E-state index in [9.17, 15) is 0 Å². The monoisotopic (exact) mass is 393 g/mol. The van der Waals surface area contributed by atoms with Gasteiger partial charge in [0.15, 0.2) is 5.82 Å². The van der Waals surface area contributed by atoms with Crippen molar-refractivity contribution in [3.05, 3.63) is 54.4 Å². The quantitative estimate of drug-likeness (QED) is 0.677. The SMILES string of the molecule is COc1ccc(NC2(c3nnnn3-c3cccc(OC)c3)CCC(C)CC2)cc1. The Bertz CT molecular complexity index is 946. The lowest BCUT2D eigenvalue weighted by Gasteiger charge is -2.39. The third-order valence-corrected chi connectivity index (χ3v) is 5.80. The molecule has 1 N–H and O–H groups in total. The zero-order valence-electron chi connectivity index (χ0n) is 17.1. The highest BCUT2D eigenvalue weighted by Gasteiger charge is 2.41. The van der Waals surface area contributed by atoms with E-state index in [0.717, 1.165) is 54.4 Å². The molecule has 3 aromatic rings. The highest BCUT2D eigenvalue weighted by molar-refractivity contribution is 5.50. The predicted molar refractivity (Wildman–Crippen MR) is 112 cm³/mol. The van der Waals surface area contributed by atoms with Crippen LogP contribution in [0.3, 0.4) is 0 Å². The average molecular weight is 393 g/mol. The second-order valence-electron chi connectivity index (χ2n) is 7.73. The van der Waals surface area contributed by atoms with Gasteiger partial charge in [0.1, 0.15) is 11.5 Å². The molecule has 0 atom stereocenters. The predicted octanol–water partition coefficient (Wildman–Crippen LogP) is 4.20. The van der Waals surface area contributed by atoms with Crippen LogP contribution in [0.15, 0.2) is 48.5 Å². The molecule has 4 rings (SSSR count). The van der Waals surface area contributed by atoms with Gasteiger partial charge in [-0.25, -0.2) is 0 Å². The first-order chi connectivity index (χ1) is 14.1. The smallest absolute Gasteiger partial charge is 0.181 e. The van der Waals surface area contributed by atoms with Gasteiger partial charge in [0, 0.05) is 11.8 Å². The van der Waals surface area contributed by atoms with E-state index < -0.39 is 0 Å². The molecule has 1 fully saturated rings. The molecule has 0 bridgehead atoms. The summed E-state index contributed by atoms with van der Waals surface area (Å²) >= 11 is 0. The lowest BCUT2D eigenvalue weighted by atomic mass is 9.76. The van der Waals surface area contributed by atoms with Crippen LogP contribution in [-0.4, -0.2) is 34.4 Å². The van der Waals surface area contributed by atoms with Crippen molar-refractivity contribution in [1.82, 2.24) is 20.2 Å². The van der Waals surface area contributed by atoms with Crippen LogP contribution in [0.1, 0.15) is 38.4 Å². The third kappa shape index (κ3) is 3.90. The van der Waals surface area contributed by atoms with E-state index in [1.807, 2.05) is 53.2 Å². The van der Waals surface area contributed by atoms with Gasteiger partial charge in [-0.15, -0.1) is 5.10 Å². The highest BCUT2D eigenvalue weighted by Crippen LogP contribution is 2.41. The van der Waals surface area contributed by atoms with Crippen LogP contribution in [0.4, 0.5) is 5.69 Å². The number of hydrogen-bond donors (Lipinski definition) is 1. The van der Waals surface area contributed by atoms with E-state index in [0.29, 0.717) is 5.92 Å². The fourth-order valence-electron chi connectivity index (χ4n) is 4.01. The number of benzene rings is 2. The Morgan fingerprint density at radius 1 is 1.00 bits per heavy atom. The first-order valence-electron chi connectivity index (χ1n) is 9.99. The maximum atomic E-state index is 5.39. The molecule has 0 radical (unpaired) electrons. The number of rotatable bonds is 6. The van der Waals surface area contributed by atoms with Crippen molar-refractivity contribution in [2.75, 3.05) is 19.5 Å². The second-order valence-corrected chi connectivity index (χ2v) is 7.73. The fraction of sp³-hybridized carbons (Fsp3) is 0.409. The zero-order valence-corrected chi connectivity index (χ0v) is 17.1. The van der Waals surface area contributed by atoms with Gasteiger partial charge in [-0.3, -0.25) is 0 Å². The van der Waals surface area contributed by atoms with Crippen molar-refractivity contribution < 1.29 is 9.47 Å². The van der Waals surface area contributed by atoms with Gasteiger partial charge in [-0.05, 0) is 78.4 Å². The molecule has 0 spiro atoms. The highest BCUT2D eigenvalue weighted by atomic mass is 16.5. The van der Waals surface area contributed by atoms with Crippen LogP contribution in [0.25, 0.3) is 5.69 Å². The Morgan fingerprint density at radius 2 is 1.72 bits per heavy atom. The summed E-state index contributed by atoms with van der Waals surface area (Å²) in [5.41, 5.74) is 1.58. The molecule has 0 aliphatic heterocycles. The minimum absolute atomic E-state index is 0.340. The number of ether oxygens (including phenoxy) is 2. The van der Waals surface area contributed by atoms with Crippen LogP contribution >= 0.6 is 0 Å². The molecule has 0 amide bonds. The van der Waals surface area contributed by atoms with Crippen LogP contribution in [-0.2, 0) is 5.54 Å². The molecule has 0 unspecified atom stereocenters. The Kier molecular flexibility index (Phi) is 5.38. The maximum Gasteiger partial charge on any atom is 0.181 e. The minimum Gasteiger partial charge on any atom is -0.497 e. The molecule has 7 heteroatoms. The van der Waals surface area contributed by atoms with Crippen molar-refractivity contribution in [3.8, 4) is 17.2 Å². The molecule has 1 heterocycles. The van der Waals surface area contributed by atoms with Gasteiger partial charge in [-0.1, -0.05) is 13.0 Å². The molecule has 0 saturated heterocycles. The van der Waals surface area contributed by atoms with Gasteiger partial charge in [-0.2, -0.15) is 4.68 Å². The first-order valence-corrected chi connectivity index (χ1v) is 9.99. The van der Waals surface area contributed by atoms with Crippen LogP contribution < -0.4 is 14.8 Å². The van der Waals surface area contributed by atoms with Gasteiger partial charge < -0.3 is 14.8 Å². The minimum atomic E-state index is -0.340. The largest absolute Gasteiger partial charge is 0.497 e. The topological polar surface area (TPSA) is 74.1 Å². The Labute approximate surface area is 171 Å². The Hall–Kier alpha value is -3.09. The van der Waals surface area contributed by atoms with E-state index >= 15 is 0 Å². The molecule has 29 heavy (non-hydrogen) atoms. The van der Waals surface area contributed by atoms with Crippen LogP contribution in [0.5, 0.6) is 11.5 Å². The maximum absolute atomic E-state index is 5.39. The molecule has 7 nitrogen and oxygen atoms in total. The van der Waals surface area contributed by atoms with Crippen LogP contribution in [0.2, 0.25) is 0 Å². The van der Waals surface area contributed by atoms with E-state index in [2.05, 4.69) is 27.8 Å². The summed E-state index contributed by atoms with van der Waals surface area (Å²) in [6, 6.07) is 15.8. The van der Waals surface area contributed by atoms with Crippen molar-refractivity contribution >= 4 is 5.69 Å². The van der Waals surface area contributed by atoms with Crippen molar-refractivity contribution in [1.29, 1.82) is 0 Å². The summed E-state index contributed by atoms with van der Waals surface area (Å²) in [6.07, 6.45) is 4.16.